The maximum Gasteiger partial charge on any atom is 0.349 e. The number of halogens is 1. The minimum absolute atomic E-state index is 0.185. The van der Waals surface area contributed by atoms with Crippen LogP contribution in [0.5, 0.6) is 11.5 Å². The van der Waals surface area contributed by atoms with E-state index >= 15 is 0 Å². The Morgan fingerprint density at radius 3 is 2.59 bits per heavy atom. The highest BCUT2D eigenvalue weighted by Gasteiger charge is 2.13. The molecule has 0 saturated heterocycles. The van der Waals surface area contributed by atoms with E-state index in [1.54, 1.807) is 48.5 Å². The average Bonchev–Trinajstić information content (AvgIpc) is 2.83. The summed E-state index contributed by atoms with van der Waals surface area (Å²) in [5, 5.41) is 13.4. The Labute approximate surface area is 201 Å². The fourth-order valence-electron chi connectivity index (χ4n) is 3.24. The smallest absolute Gasteiger partial charge is 0.349 e. The molecule has 0 saturated carbocycles. The maximum absolute atomic E-state index is 12.6. The number of H-pyrrole nitrogens is 1. The van der Waals surface area contributed by atoms with Crippen LogP contribution in [-0.2, 0) is 6.61 Å². The van der Waals surface area contributed by atoms with Crippen molar-refractivity contribution in [1.29, 1.82) is 0 Å². The number of benzene rings is 3. The van der Waals surface area contributed by atoms with Crippen molar-refractivity contribution in [2.45, 2.75) is 6.61 Å². The molecule has 0 atom stereocenters. The van der Waals surface area contributed by atoms with Crippen LogP contribution in [0.15, 0.2) is 79.8 Å². The Morgan fingerprint density at radius 1 is 1.15 bits per heavy atom. The molecule has 0 aliphatic carbocycles. The normalized spacial score (nSPS) is 11.1. The number of aromatic nitrogens is 2. The average molecular weight is 524 g/mol. The Bertz CT molecular complexity index is 1520. The number of carbonyl (C=O) groups is 1. The van der Waals surface area contributed by atoms with Crippen molar-refractivity contribution in [3.63, 3.8) is 0 Å². The predicted molar refractivity (Wildman–Crippen MR) is 130 cm³/mol. The van der Waals surface area contributed by atoms with Gasteiger partial charge < -0.3 is 19.6 Å². The van der Waals surface area contributed by atoms with E-state index in [1.807, 2.05) is 0 Å². The molecule has 0 radical (unpaired) electrons. The Hall–Kier alpha value is -4.18. The number of fused-ring (bicyclic) bond motifs is 1. The third kappa shape index (κ3) is 4.76. The fraction of sp³-hybridized carbons (Fsp3) is 0.0833. The molecule has 1 heterocycles. The van der Waals surface area contributed by atoms with Gasteiger partial charge in [0.25, 0.3) is 5.56 Å². The first-order valence-corrected chi connectivity index (χ1v) is 10.8. The summed E-state index contributed by atoms with van der Waals surface area (Å²) in [4.78, 5) is 38.6. The second-order valence-corrected chi connectivity index (χ2v) is 8.02. The van der Waals surface area contributed by atoms with Gasteiger partial charge in [0.1, 0.15) is 6.61 Å². The highest BCUT2D eigenvalue weighted by Crippen LogP contribution is 2.36. The zero-order valence-electron chi connectivity index (χ0n) is 17.8. The minimum atomic E-state index is -0.998. The van der Waals surface area contributed by atoms with Crippen molar-refractivity contribution in [3.05, 3.63) is 103 Å². The van der Waals surface area contributed by atoms with Crippen LogP contribution < -0.4 is 20.7 Å². The standard InChI is InChI=1S/C24H18BrN3O6/c1-33-20-11-15(12-26-28-22(29)17-4-2-3-5-19(17)27-24(28)32)10-18(25)21(20)34-13-14-6-8-16(9-7-14)23(30)31/h2-12H,13H2,1H3,(H,27,32)(H,30,31). The van der Waals surface area contributed by atoms with Crippen LogP contribution in [0.4, 0.5) is 0 Å². The van der Waals surface area contributed by atoms with Crippen LogP contribution in [0.25, 0.3) is 10.9 Å². The number of carboxylic acid groups (broad SMARTS) is 1. The molecule has 10 heteroatoms. The van der Waals surface area contributed by atoms with Gasteiger partial charge in [-0.05, 0) is 63.5 Å². The summed E-state index contributed by atoms with van der Waals surface area (Å²) in [5.41, 5.74) is 0.777. The lowest BCUT2D eigenvalue weighted by Crippen LogP contribution is -2.32. The highest BCUT2D eigenvalue weighted by atomic mass is 79.9. The number of rotatable bonds is 7. The van der Waals surface area contributed by atoms with Crippen molar-refractivity contribution < 1.29 is 19.4 Å². The molecular weight excluding hydrogens is 506 g/mol. The maximum atomic E-state index is 12.6. The molecule has 0 bridgehead atoms. The third-order valence-corrected chi connectivity index (χ3v) is 5.53. The van der Waals surface area contributed by atoms with Gasteiger partial charge in [0.2, 0.25) is 0 Å². The number of nitrogens with zero attached hydrogens (tertiary/aromatic N) is 2. The van der Waals surface area contributed by atoms with E-state index < -0.39 is 17.2 Å². The van der Waals surface area contributed by atoms with E-state index in [0.717, 1.165) is 10.2 Å². The lowest BCUT2D eigenvalue weighted by molar-refractivity contribution is 0.0697. The summed E-state index contributed by atoms with van der Waals surface area (Å²) < 4.78 is 12.6. The van der Waals surface area contributed by atoms with E-state index in [0.29, 0.717) is 32.4 Å². The Kier molecular flexibility index (Phi) is 6.60. The summed E-state index contributed by atoms with van der Waals surface area (Å²) in [7, 11) is 1.48. The number of hydrogen-bond donors (Lipinski definition) is 2. The molecule has 1 aromatic heterocycles. The van der Waals surface area contributed by atoms with E-state index in [2.05, 4.69) is 26.0 Å². The first-order chi connectivity index (χ1) is 16.4. The van der Waals surface area contributed by atoms with E-state index in [4.69, 9.17) is 14.6 Å². The molecule has 0 unspecified atom stereocenters. The highest BCUT2D eigenvalue weighted by molar-refractivity contribution is 9.10. The number of hydrogen-bond acceptors (Lipinski definition) is 6. The number of aromatic amines is 1. The molecule has 0 fully saturated rings. The van der Waals surface area contributed by atoms with Crippen LogP contribution in [0, 0.1) is 0 Å². The molecule has 0 aliphatic rings. The molecule has 3 aromatic carbocycles. The van der Waals surface area contributed by atoms with E-state index in [1.165, 1.54) is 25.5 Å². The summed E-state index contributed by atoms with van der Waals surface area (Å²) in [5.74, 6) is -0.164. The van der Waals surface area contributed by atoms with E-state index in [9.17, 15) is 14.4 Å². The van der Waals surface area contributed by atoms with Crippen molar-refractivity contribution in [1.82, 2.24) is 9.66 Å². The largest absolute Gasteiger partial charge is 0.493 e. The van der Waals surface area contributed by atoms with Crippen LogP contribution in [-0.4, -0.2) is 34.1 Å². The van der Waals surface area contributed by atoms with Gasteiger partial charge in [-0.1, -0.05) is 24.3 Å². The van der Waals surface area contributed by atoms with Gasteiger partial charge >= 0.3 is 11.7 Å². The number of ether oxygens (including phenoxy) is 2. The van der Waals surface area contributed by atoms with Gasteiger partial charge in [-0.2, -0.15) is 5.10 Å². The molecule has 4 aromatic rings. The molecule has 9 nitrogen and oxygen atoms in total. The molecule has 172 valence electrons. The van der Waals surface area contributed by atoms with Crippen molar-refractivity contribution >= 4 is 39.0 Å². The van der Waals surface area contributed by atoms with Crippen molar-refractivity contribution in [2.75, 3.05) is 7.11 Å². The zero-order valence-corrected chi connectivity index (χ0v) is 19.4. The van der Waals surface area contributed by atoms with Crippen LogP contribution >= 0.6 is 15.9 Å². The van der Waals surface area contributed by atoms with Gasteiger partial charge in [-0.25, -0.2) is 9.59 Å². The summed E-state index contributed by atoms with van der Waals surface area (Å²) in [6, 6.07) is 16.4. The zero-order chi connectivity index (χ0) is 24.2. The van der Waals surface area contributed by atoms with Crippen LogP contribution in [0.2, 0.25) is 0 Å². The second-order valence-electron chi connectivity index (χ2n) is 7.16. The Morgan fingerprint density at radius 2 is 1.88 bits per heavy atom. The van der Waals surface area contributed by atoms with E-state index in [-0.39, 0.29) is 12.2 Å². The lowest BCUT2D eigenvalue weighted by atomic mass is 10.1. The minimum Gasteiger partial charge on any atom is -0.493 e. The number of nitrogens with one attached hydrogen (secondary N) is 1. The van der Waals surface area contributed by atoms with Crippen LogP contribution in [0.1, 0.15) is 21.5 Å². The van der Waals surface area contributed by atoms with Gasteiger partial charge in [-0.15, -0.1) is 4.68 Å². The topological polar surface area (TPSA) is 123 Å². The summed E-state index contributed by atoms with van der Waals surface area (Å²) in [6.07, 6.45) is 1.37. The molecule has 0 spiro atoms. The monoisotopic (exact) mass is 523 g/mol. The third-order valence-electron chi connectivity index (χ3n) is 4.94. The molecular formula is C24H18BrN3O6. The number of aromatic carboxylic acids is 1. The first kappa shape index (κ1) is 23.0. The van der Waals surface area contributed by atoms with Crippen LogP contribution in [0.3, 0.4) is 0 Å². The van der Waals surface area contributed by atoms with Crippen molar-refractivity contribution in [2.24, 2.45) is 5.10 Å². The second kappa shape index (κ2) is 9.75. The fourth-order valence-corrected chi connectivity index (χ4v) is 3.81. The van der Waals surface area contributed by atoms with Gasteiger partial charge in [0.05, 0.1) is 34.3 Å². The molecule has 2 N–H and O–H groups in total. The molecule has 34 heavy (non-hydrogen) atoms. The quantitative estimate of drug-likeness (QED) is 0.356. The Balaban J connectivity index is 1.59. The number of methoxy groups -OCH3 is 1. The molecule has 0 amide bonds. The van der Waals surface area contributed by atoms with Gasteiger partial charge in [0, 0.05) is 0 Å². The first-order valence-electron chi connectivity index (χ1n) is 9.98. The van der Waals surface area contributed by atoms with Gasteiger partial charge in [0.15, 0.2) is 11.5 Å². The lowest BCUT2D eigenvalue weighted by Gasteiger charge is -2.13. The summed E-state index contributed by atoms with van der Waals surface area (Å²) in [6.45, 7) is 0.185. The predicted octanol–water partition coefficient (Wildman–Crippen LogP) is 3.62. The van der Waals surface area contributed by atoms with Gasteiger partial charge in [-0.3, -0.25) is 4.79 Å². The number of para-hydroxylation sites is 1. The number of carboxylic acids is 1. The summed E-state index contributed by atoms with van der Waals surface area (Å²) >= 11 is 3.45. The van der Waals surface area contributed by atoms with Crippen molar-refractivity contribution in [3.8, 4) is 11.5 Å². The molecule has 4 rings (SSSR count). The molecule has 0 aliphatic heterocycles. The SMILES string of the molecule is COc1cc(C=Nn2c(=O)[nH]c3ccccc3c2=O)cc(Br)c1OCc1ccc(C(=O)O)cc1.